The SMILES string of the molecule is Cc1cccc(C2(C(=O)NC(C)CN3CCCC3=O)CC2)c1. The molecule has 1 aromatic rings. The quantitative estimate of drug-likeness (QED) is 0.906. The fourth-order valence-electron chi connectivity index (χ4n) is 3.35. The van der Waals surface area contributed by atoms with Crippen LogP contribution >= 0.6 is 0 Å². The number of amides is 2. The lowest BCUT2D eigenvalue weighted by Gasteiger charge is -2.24. The van der Waals surface area contributed by atoms with Crippen LogP contribution in [0.3, 0.4) is 0 Å². The van der Waals surface area contributed by atoms with E-state index in [0.717, 1.165) is 31.4 Å². The van der Waals surface area contributed by atoms with Gasteiger partial charge in [-0.3, -0.25) is 9.59 Å². The van der Waals surface area contributed by atoms with Gasteiger partial charge in [0, 0.05) is 25.6 Å². The van der Waals surface area contributed by atoms with Crippen molar-refractivity contribution in [2.75, 3.05) is 13.1 Å². The number of hydrogen-bond donors (Lipinski definition) is 1. The summed E-state index contributed by atoms with van der Waals surface area (Å²) in [6.45, 7) is 5.48. The van der Waals surface area contributed by atoms with Gasteiger partial charge in [0.05, 0.1) is 5.41 Å². The third kappa shape index (κ3) is 2.87. The van der Waals surface area contributed by atoms with E-state index in [1.54, 1.807) is 0 Å². The molecule has 0 spiro atoms. The molecular formula is C18H24N2O2. The summed E-state index contributed by atoms with van der Waals surface area (Å²) in [7, 11) is 0. The maximum absolute atomic E-state index is 12.7. The highest BCUT2D eigenvalue weighted by molar-refractivity contribution is 5.91. The number of benzene rings is 1. The molecular weight excluding hydrogens is 276 g/mol. The van der Waals surface area contributed by atoms with Crippen LogP contribution in [-0.2, 0) is 15.0 Å². The highest BCUT2D eigenvalue weighted by Gasteiger charge is 2.51. The van der Waals surface area contributed by atoms with Gasteiger partial charge in [0.2, 0.25) is 11.8 Å². The Morgan fingerprint density at radius 2 is 2.18 bits per heavy atom. The third-order valence-electron chi connectivity index (χ3n) is 4.80. The molecule has 0 aromatic heterocycles. The molecule has 1 saturated carbocycles. The second-order valence-electron chi connectivity index (χ2n) is 6.77. The van der Waals surface area contributed by atoms with Gasteiger partial charge in [0.1, 0.15) is 0 Å². The van der Waals surface area contributed by atoms with Crippen molar-refractivity contribution < 1.29 is 9.59 Å². The molecule has 118 valence electrons. The average Bonchev–Trinajstić information content (AvgIpc) is 3.20. The first-order valence-corrected chi connectivity index (χ1v) is 8.17. The average molecular weight is 300 g/mol. The number of rotatable bonds is 5. The van der Waals surface area contributed by atoms with Crippen LogP contribution in [0.15, 0.2) is 24.3 Å². The Bertz CT molecular complexity index is 593. The molecule has 4 heteroatoms. The Morgan fingerprint density at radius 3 is 2.77 bits per heavy atom. The summed E-state index contributed by atoms with van der Waals surface area (Å²) >= 11 is 0. The fraction of sp³-hybridized carbons (Fsp3) is 0.556. The first-order chi connectivity index (χ1) is 10.5. The summed E-state index contributed by atoms with van der Waals surface area (Å²) in [4.78, 5) is 26.2. The van der Waals surface area contributed by atoms with Gasteiger partial charge in [-0.05, 0) is 38.7 Å². The van der Waals surface area contributed by atoms with Crippen LogP contribution in [0.5, 0.6) is 0 Å². The standard InChI is InChI=1S/C18H24N2O2/c1-13-5-3-6-15(11-13)18(8-9-18)17(22)19-14(2)12-20-10-4-7-16(20)21/h3,5-6,11,14H,4,7-10,12H2,1-2H3,(H,19,22). The van der Waals surface area contributed by atoms with Gasteiger partial charge in [-0.15, -0.1) is 0 Å². The van der Waals surface area contributed by atoms with Crippen LogP contribution in [0.2, 0.25) is 0 Å². The Balaban J connectivity index is 1.63. The van der Waals surface area contributed by atoms with Crippen molar-refractivity contribution in [1.29, 1.82) is 0 Å². The van der Waals surface area contributed by atoms with Crippen LogP contribution in [0.4, 0.5) is 0 Å². The summed E-state index contributed by atoms with van der Waals surface area (Å²) in [5, 5.41) is 3.12. The maximum atomic E-state index is 12.7. The van der Waals surface area contributed by atoms with E-state index in [1.165, 1.54) is 5.56 Å². The van der Waals surface area contributed by atoms with Crippen molar-refractivity contribution in [3.8, 4) is 0 Å². The van der Waals surface area contributed by atoms with E-state index >= 15 is 0 Å². The largest absolute Gasteiger partial charge is 0.351 e. The van der Waals surface area contributed by atoms with Crippen LogP contribution in [0, 0.1) is 6.92 Å². The zero-order valence-electron chi connectivity index (χ0n) is 13.4. The lowest BCUT2D eigenvalue weighted by molar-refractivity contribution is -0.129. The van der Waals surface area contributed by atoms with Crippen LogP contribution in [-0.4, -0.2) is 35.8 Å². The Hall–Kier alpha value is -1.84. The van der Waals surface area contributed by atoms with Gasteiger partial charge >= 0.3 is 0 Å². The second-order valence-corrected chi connectivity index (χ2v) is 6.77. The Labute approximate surface area is 131 Å². The number of nitrogens with zero attached hydrogens (tertiary/aromatic N) is 1. The molecule has 3 rings (SSSR count). The second kappa shape index (κ2) is 5.75. The molecule has 1 N–H and O–H groups in total. The van der Waals surface area contributed by atoms with Gasteiger partial charge in [0.15, 0.2) is 0 Å². The molecule has 22 heavy (non-hydrogen) atoms. The molecule has 1 heterocycles. The van der Waals surface area contributed by atoms with Crippen LogP contribution in [0.25, 0.3) is 0 Å². The Morgan fingerprint density at radius 1 is 1.41 bits per heavy atom. The number of aryl methyl sites for hydroxylation is 1. The van der Waals surface area contributed by atoms with E-state index in [0.29, 0.717) is 13.0 Å². The molecule has 1 saturated heterocycles. The smallest absolute Gasteiger partial charge is 0.230 e. The van der Waals surface area contributed by atoms with E-state index in [4.69, 9.17) is 0 Å². The number of carbonyl (C=O) groups excluding carboxylic acids is 2. The van der Waals surface area contributed by atoms with Crippen molar-refractivity contribution in [3.05, 3.63) is 35.4 Å². The van der Waals surface area contributed by atoms with Crippen LogP contribution in [0.1, 0.15) is 43.7 Å². The number of hydrogen-bond acceptors (Lipinski definition) is 2. The minimum atomic E-state index is -0.338. The van der Waals surface area contributed by atoms with E-state index < -0.39 is 0 Å². The molecule has 2 aliphatic rings. The predicted octanol–water partition coefficient (Wildman–Crippen LogP) is 2.15. The maximum Gasteiger partial charge on any atom is 0.230 e. The van der Waals surface area contributed by atoms with Crippen molar-refractivity contribution in [2.45, 2.75) is 51.0 Å². The Kier molecular flexibility index (Phi) is 3.94. The number of likely N-dealkylation sites (tertiary alicyclic amines) is 1. The summed E-state index contributed by atoms with van der Waals surface area (Å²) in [6, 6.07) is 8.23. The van der Waals surface area contributed by atoms with Gasteiger partial charge < -0.3 is 10.2 Å². The first kappa shape index (κ1) is 15.1. The molecule has 0 bridgehead atoms. The summed E-state index contributed by atoms with van der Waals surface area (Å²) in [6.07, 6.45) is 3.41. The summed E-state index contributed by atoms with van der Waals surface area (Å²) in [5.41, 5.74) is 1.97. The number of carbonyl (C=O) groups is 2. The third-order valence-corrected chi connectivity index (χ3v) is 4.80. The predicted molar refractivity (Wildman–Crippen MR) is 85.5 cm³/mol. The van der Waals surface area contributed by atoms with Gasteiger partial charge in [0.25, 0.3) is 0 Å². The molecule has 1 atom stereocenters. The lowest BCUT2D eigenvalue weighted by Crippen LogP contribution is -2.46. The minimum Gasteiger partial charge on any atom is -0.351 e. The zero-order chi connectivity index (χ0) is 15.7. The molecule has 1 aliphatic carbocycles. The fourth-order valence-corrected chi connectivity index (χ4v) is 3.35. The monoisotopic (exact) mass is 300 g/mol. The molecule has 1 aromatic carbocycles. The minimum absolute atomic E-state index is 0.00293. The summed E-state index contributed by atoms with van der Waals surface area (Å²) in [5.74, 6) is 0.318. The van der Waals surface area contributed by atoms with E-state index in [9.17, 15) is 9.59 Å². The van der Waals surface area contributed by atoms with Gasteiger partial charge in [-0.1, -0.05) is 29.8 Å². The van der Waals surface area contributed by atoms with Crippen molar-refractivity contribution in [3.63, 3.8) is 0 Å². The topological polar surface area (TPSA) is 49.4 Å². The first-order valence-electron chi connectivity index (χ1n) is 8.17. The molecule has 2 amide bonds. The normalized spacial score (nSPS) is 20.8. The highest BCUT2D eigenvalue weighted by atomic mass is 16.2. The molecule has 0 radical (unpaired) electrons. The van der Waals surface area contributed by atoms with Crippen molar-refractivity contribution >= 4 is 11.8 Å². The lowest BCUT2D eigenvalue weighted by atomic mass is 9.93. The van der Waals surface area contributed by atoms with E-state index in [1.807, 2.05) is 24.0 Å². The van der Waals surface area contributed by atoms with E-state index in [-0.39, 0.29) is 23.3 Å². The molecule has 1 aliphatic heterocycles. The van der Waals surface area contributed by atoms with Crippen molar-refractivity contribution in [1.82, 2.24) is 10.2 Å². The molecule has 1 unspecified atom stereocenters. The van der Waals surface area contributed by atoms with Crippen LogP contribution < -0.4 is 5.32 Å². The summed E-state index contributed by atoms with van der Waals surface area (Å²) < 4.78 is 0. The van der Waals surface area contributed by atoms with Crippen molar-refractivity contribution in [2.24, 2.45) is 0 Å². The van der Waals surface area contributed by atoms with Gasteiger partial charge in [-0.25, -0.2) is 0 Å². The molecule has 4 nitrogen and oxygen atoms in total. The van der Waals surface area contributed by atoms with Gasteiger partial charge in [-0.2, -0.15) is 0 Å². The highest BCUT2D eigenvalue weighted by Crippen LogP contribution is 2.48. The molecule has 2 fully saturated rings. The number of nitrogens with one attached hydrogen (secondary N) is 1. The zero-order valence-corrected chi connectivity index (χ0v) is 13.4. The van der Waals surface area contributed by atoms with E-state index in [2.05, 4.69) is 24.4 Å².